The standard InChI is InChI=1S/C31H58N2O10/c1-12-22-31(9,39)25(36)20(7)27(37)32-16(3)15-30(8,40-13-2)26(18(5)23(34)19(6)28(38)42-22)43-29-24(35)21(33(10)11)14-17(4)41-29/h16-26,29,34-36,39H,12-15H2,1-11H3,(H,32,37)/t16-,17-,18+,19-,20-,21+,22-,23+,24-,25-,26-,29+,30-,31-/m1/s1. The first-order valence-corrected chi connectivity index (χ1v) is 15.7. The molecular weight excluding hydrogens is 560 g/mol. The number of nitrogens with one attached hydrogen (secondary N) is 1. The van der Waals surface area contributed by atoms with Crippen LogP contribution in [0.15, 0.2) is 0 Å². The molecule has 0 unspecified atom stereocenters. The quantitative estimate of drug-likeness (QED) is 0.272. The zero-order valence-electron chi connectivity index (χ0n) is 27.9. The lowest BCUT2D eigenvalue weighted by atomic mass is 9.78. The second-order valence-corrected chi connectivity index (χ2v) is 13.4. The SMILES string of the molecule is CCO[C@]1(C)C[C@@H](C)NC(=O)[C@H](C)[C@@H](O)[C@](C)(O)[C@@H](CC)OC(=O)[C@H](C)[C@@H](O)[C@H](C)[C@H]1O[C@@H]1O[C@H](C)C[C@H](N(C)C)[C@H]1O. The Bertz CT molecular complexity index is 919. The molecule has 1 amide bonds. The number of aliphatic hydroxyl groups excluding tert-OH is 3. The van der Waals surface area contributed by atoms with Crippen LogP contribution in [0.4, 0.5) is 0 Å². The first-order valence-electron chi connectivity index (χ1n) is 15.7. The summed E-state index contributed by atoms with van der Waals surface area (Å²) < 4.78 is 24.6. The van der Waals surface area contributed by atoms with Crippen molar-refractivity contribution in [3.05, 3.63) is 0 Å². The number of hydrogen-bond acceptors (Lipinski definition) is 11. The lowest BCUT2D eigenvalue weighted by Crippen LogP contribution is -2.60. The number of likely N-dealkylation sites (N-methyl/N-ethyl adjacent to an activating group) is 1. The molecule has 14 atom stereocenters. The number of nitrogens with zero attached hydrogens (tertiary/aromatic N) is 1. The molecule has 2 fully saturated rings. The summed E-state index contributed by atoms with van der Waals surface area (Å²) in [5, 5.41) is 48.1. The molecule has 2 aliphatic heterocycles. The van der Waals surface area contributed by atoms with Crippen molar-refractivity contribution in [2.45, 2.75) is 148 Å². The molecule has 0 aromatic carbocycles. The zero-order chi connectivity index (χ0) is 33.0. The van der Waals surface area contributed by atoms with Gasteiger partial charge in [-0.1, -0.05) is 20.8 Å². The van der Waals surface area contributed by atoms with Gasteiger partial charge in [0.2, 0.25) is 5.91 Å². The van der Waals surface area contributed by atoms with Crippen molar-refractivity contribution in [2.24, 2.45) is 17.8 Å². The van der Waals surface area contributed by atoms with Crippen molar-refractivity contribution >= 4 is 11.9 Å². The fourth-order valence-corrected chi connectivity index (χ4v) is 6.72. The van der Waals surface area contributed by atoms with Gasteiger partial charge in [0.15, 0.2) is 6.29 Å². The number of carbonyl (C=O) groups excluding carboxylic acids is 2. The molecule has 0 aromatic heterocycles. The number of rotatable bonds is 6. The first-order chi connectivity index (χ1) is 19.8. The Hall–Kier alpha value is -1.38. The van der Waals surface area contributed by atoms with Crippen molar-refractivity contribution in [2.75, 3.05) is 20.7 Å². The Morgan fingerprint density at radius 2 is 1.60 bits per heavy atom. The highest BCUT2D eigenvalue weighted by Gasteiger charge is 2.51. The summed E-state index contributed by atoms with van der Waals surface area (Å²) in [6.07, 6.45) is -6.20. The molecule has 43 heavy (non-hydrogen) atoms. The molecule has 12 nitrogen and oxygen atoms in total. The summed E-state index contributed by atoms with van der Waals surface area (Å²) in [4.78, 5) is 28.6. The second-order valence-electron chi connectivity index (χ2n) is 13.4. The van der Waals surface area contributed by atoms with Gasteiger partial charge in [-0.15, -0.1) is 0 Å². The molecule has 0 bridgehead atoms. The van der Waals surface area contributed by atoms with Crippen LogP contribution in [0.1, 0.15) is 81.6 Å². The fourth-order valence-electron chi connectivity index (χ4n) is 6.72. The number of hydrogen-bond donors (Lipinski definition) is 5. The number of esters is 1. The van der Waals surface area contributed by atoms with Crippen molar-refractivity contribution in [3.8, 4) is 0 Å². The molecule has 0 aromatic rings. The number of aliphatic hydroxyl groups is 4. The zero-order valence-corrected chi connectivity index (χ0v) is 27.9. The third-order valence-electron chi connectivity index (χ3n) is 9.40. The van der Waals surface area contributed by atoms with Crippen molar-refractivity contribution in [3.63, 3.8) is 0 Å². The van der Waals surface area contributed by atoms with Crippen LogP contribution in [-0.4, -0.2) is 124 Å². The van der Waals surface area contributed by atoms with E-state index in [9.17, 15) is 30.0 Å². The summed E-state index contributed by atoms with van der Waals surface area (Å²) >= 11 is 0. The van der Waals surface area contributed by atoms with E-state index in [0.29, 0.717) is 6.42 Å². The molecule has 0 radical (unpaired) electrons. The van der Waals surface area contributed by atoms with Crippen LogP contribution in [0.2, 0.25) is 0 Å². The molecule has 2 rings (SSSR count). The Kier molecular flexibility index (Phi) is 13.4. The van der Waals surface area contributed by atoms with Gasteiger partial charge in [0, 0.05) is 24.6 Å². The second kappa shape index (κ2) is 15.3. The molecule has 2 aliphatic rings. The topological polar surface area (TPSA) is 167 Å². The van der Waals surface area contributed by atoms with Gasteiger partial charge in [0.1, 0.15) is 17.8 Å². The Morgan fingerprint density at radius 1 is 1.00 bits per heavy atom. The molecular formula is C31H58N2O10. The van der Waals surface area contributed by atoms with Crippen LogP contribution in [0.5, 0.6) is 0 Å². The molecule has 0 aliphatic carbocycles. The average Bonchev–Trinajstić information content (AvgIpc) is 2.92. The van der Waals surface area contributed by atoms with Gasteiger partial charge in [-0.05, 0) is 74.9 Å². The van der Waals surface area contributed by atoms with Crippen LogP contribution >= 0.6 is 0 Å². The number of cyclic esters (lactones) is 1. The van der Waals surface area contributed by atoms with Crippen LogP contribution in [0.25, 0.3) is 0 Å². The van der Waals surface area contributed by atoms with E-state index < -0.39 is 83.7 Å². The summed E-state index contributed by atoms with van der Waals surface area (Å²) in [6.45, 7) is 15.4. The van der Waals surface area contributed by atoms with E-state index in [1.807, 2.05) is 39.8 Å². The maximum atomic E-state index is 13.4. The summed E-state index contributed by atoms with van der Waals surface area (Å²) in [5.41, 5.74) is -3.08. The molecule has 2 heterocycles. The van der Waals surface area contributed by atoms with E-state index in [4.69, 9.17) is 18.9 Å². The third kappa shape index (κ3) is 8.66. The van der Waals surface area contributed by atoms with Crippen molar-refractivity contribution in [1.82, 2.24) is 10.2 Å². The van der Waals surface area contributed by atoms with Gasteiger partial charge in [-0.25, -0.2) is 0 Å². The minimum Gasteiger partial charge on any atom is -0.459 e. The average molecular weight is 619 g/mol. The Morgan fingerprint density at radius 3 is 2.14 bits per heavy atom. The molecule has 2 saturated heterocycles. The van der Waals surface area contributed by atoms with Crippen LogP contribution in [0.3, 0.4) is 0 Å². The maximum Gasteiger partial charge on any atom is 0.311 e. The highest BCUT2D eigenvalue weighted by atomic mass is 16.7. The Labute approximate surface area is 257 Å². The largest absolute Gasteiger partial charge is 0.459 e. The van der Waals surface area contributed by atoms with Gasteiger partial charge in [0.25, 0.3) is 0 Å². The maximum absolute atomic E-state index is 13.4. The van der Waals surface area contributed by atoms with Crippen LogP contribution < -0.4 is 5.32 Å². The van der Waals surface area contributed by atoms with Crippen molar-refractivity contribution in [1.29, 1.82) is 0 Å². The molecule has 12 heteroatoms. The lowest BCUT2D eigenvalue weighted by molar-refractivity contribution is -0.303. The van der Waals surface area contributed by atoms with E-state index in [1.165, 1.54) is 20.8 Å². The summed E-state index contributed by atoms with van der Waals surface area (Å²) in [6, 6.07) is -0.736. The first kappa shape index (κ1) is 37.8. The predicted octanol–water partition coefficient (Wildman–Crippen LogP) is 1.20. The van der Waals surface area contributed by atoms with E-state index in [1.54, 1.807) is 20.8 Å². The van der Waals surface area contributed by atoms with Gasteiger partial charge in [-0.2, -0.15) is 0 Å². The molecule has 0 saturated carbocycles. The summed E-state index contributed by atoms with van der Waals surface area (Å²) in [5.74, 6) is -4.12. The van der Waals surface area contributed by atoms with E-state index in [0.717, 1.165) is 0 Å². The highest BCUT2D eigenvalue weighted by Crippen LogP contribution is 2.37. The van der Waals surface area contributed by atoms with Crippen LogP contribution in [0, 0.1) is 17.8 Å². The lowest BCUT2D eigenvalue weighted by Gasteiger charge is -2.48. The van der Waals surface area contributed by atoms with Crippen LogP contribution in [-0.2, 0) is 28.5 Å². The van der Waals surface area contributed by atoms with Gasteiger partial charge in [0.05, 0.1) is 41.9 Å². The summed E-state index contributed by atoms with van der Waals surface area (Å²) in [7, 11) is 3.75. The van der Waals surface area contributed by atoms with Gasteiger partial charge < -0.3 is 49.6 Å². The number of amides is 1. The van der Waals surface area contributed by atoms with E-state index in [-0.39, 0.29) is 31.6 Å². The minimum absolute atomic E-state index is 0.162. The normalized spacial score (nSPS) is 46.0. The monoisotopic (exact) mass is 618 g/mol. The number of ether oxygens (including phenoxy) is 4. The number of carbonyl (C=O) groups is 2. The molecule has 0 spiro atoms. The van der Waals surface area contributed by atoms with E-state index in [2.05, 4.69) is 5.32 Å². The predicted molar refractivity (Wildman–Crippen MR) is 160 cm³/mol. The molecule has 5 N–H and O–H groups in total. The highest BCUT2D eigenvalue weighted by molar-refractivity contribution is 5.79. The van der Waals surface area contributed by atoms with Gasteiger partial charge >= 0.3 is 5.97 Å². The smallest absolute Gasteiger partial charge is 0.311 e. The van der Waals surface area contributed by atoms with Gasteiger partial charge in [-0.3, -0.25) is 9.59 Å². The molecule has 252 valence electrons. The Balaban J connectivity index is 2.62. The fraction of sp³-hybridized carbons (Fsp3) is 0.935. The van der Waals surface area contributed by atoms with E-state index >= 15 is 0 Å². The third-order valence-corrected chi connectivity index (χ3v) is 9.40. The minimum atomic E-state index is -1.94. The van der Waals surface area contributed by atoms with Crippen molar-refractivity contribution < 1.29 is 49.0 Å².